The second-order valence-corrected chi connectivity index (χ2v) is 4.04. The van der Waals surface area contributed by atoms with Gasteiger partial charge in [-0.05, 0) is 37.7 Å². The van der Waals surface area contributed by atoms with Crippen LogP contribution in [0.2, 0.25) is 0 Å². The largest absolute Gasteiger partial charge is 0.451 e. The normalized spacial score (nSPS) is 12.2. The number of rotatable bonds is 6. The fraction of sp³-hybridized carbons (Fsp3) is 0.538. The van der Waals surface area contributed by atoms with Crippen molar-refractivity contribution in [2.75, 3.05) is 0 Å². The molecule has 100 valence electrons. The number of unbranched alkanes of at least 4 members (excludes halogenated alkanes) is 2. The van der Waals surface area contributed by atoms with E-state index in [4.69, 9.17) is 0 Å². The summed E-state index contributed by atoms with van der Waals surface area (Å²) in [5.74, 6) is -1.07. The second-order valence-electron chi connectivity index (χ2n) is 4.04. The molecule has 0 fully saturated rings. The summed E-state index contributed by atoms with van der Waals surface area (Å²) in [6.45, 7) is 2.08. The van der Waals surface area contributed by atoms with Gasteiger partial charge < -0.3 is 0 Å². The number of aryl methyl sites for hydroxylation is 1. The number of allylic oxidation sites excluding steroid dienone is 2. The topological polar surface area (TPSA) is 25.8 Å². The van der Waals surface area contributed by atoms with Crippen molar-refractivity contribution in [3.05, 3.63) is 35.9 Å². The highest BCUT2D eigenvalue weighted by molar-refractivity contribution is 5.06. The molecule has 18 heavy (non-hydrogen) atoms. The van der Waals surface area contributed by atoms with E-state index in [1.165, 1.54) is 12.4 Å². The van der Waals surface area contributed by atoms with E-state index in [0.29, 0.717) is 0 Å². The van der Waals surface area contributed by atoms with Crippen LogP contribution in [-0.2, 0) is 12.6 Å². The summed E-state index contributed by atoms with van der Waals surface area (Å²) in [6, 6.07) is 0. The maximum atomic E-state index is 12.2. The molecule has 1 heterocycles. The van der Waals surface area contributed by atoms with Gasteiger partial charge in [-0.15, -0.1) is 0 Å². The van der Waals surface area contributed by atoms with Crippen molar-refractivity contribution in [1.29, 1.82) is 0 Å². The van der Waals surface area contributed by atoms with Gasteiger partial charge in [0.05, 0.1) is 0 Å². The van der Waals surface area contributed by atoms with Gasteiger partial charge in [0.25, 0.3) is 0 Å². The Bertz CT molecular complexity index is 369. The molecule has 0 unspecified atom stereocenters. The van der Waals surface area contributed by atoms with Crippen LogP contribution >= 0.6 is 0 Å². The molecule has 0 saturated carbocycles. The van der Waals surface area contributed by atoms with E-state index in [-0.39, 0.29) is 0 Å². The molecular weight excluding hydrogens is 241 g/mol. The Morgan fingerprint density at radius 3 is 2.33 bits per heavy atom. The van der Waals surface area contributed by atoms with E-state index in [1.807, 2.05) is 0 Å². The van der Waals surface area contributed by atoms with Crippen LogP contribution in [-0.4, -0.2) is 9.97 Å². The molecule has 0 aromatic carbocycles. The Morgan fingerprint density at radius 2 is 1.78 bits per heavy atom. The lowest BCUT2D eigenvalue weighted by Crippen LogP contribution is -2.10. The van der Waals surface area contributed by atoms with Gasteiger partial charge in [0.2, 0.25) is 5.82 Å². The van der Waals surface area contributed by atoms with Crippen molar-refractivity contribution in [2.24, 2.45) is 0 Å². The highest BCUT2D eigenvalue weighted by atomic mass is 19.4. The molecule has 0 bridgehead atoms. The maximum Gasteiger partial charge on any atom is 0.451 e. The molecule has 1 aromatic heterocycles. The Hall–Kier alpha value is -1.39. The lowest BCUT2D eigenvalue weighted by Gasteiger charge is -2.05. The summed E-state index contributed by atoms with van der Waals surface area (Å²) in [5, 5.41) is 0. The number of halogens is 3. The van der Waals surface area contributed by atoms with E-state index in [0.717, 1.165) is 37.7 Å². The molecule has 0 amide bonds. The summed E-state index contributed by atoms with van der Waals surface area (Å²) in [7, 11) is 0. The van der Waals surface area contributed by atoms with E-state index in [1.54, 1.807) is 0 Å². The Balaban J connectivity index is 2.33. The van der Waals surface area contributed by atoms with E-state index in [9.17, 15) is 13.2 Å². The maximum absolute atomic E-state index is 12.2. The SMILES string of the molecule is CCC=CCCCCc1cnc(C(F)(F)F)nc1. The van der Waals surface area contributed by atoms with Crippen LogP contribution in [0, 0.1) is 0 Å². The third-order valence-corrected chi connectivity index (χ3v) is 2.45. The average Bonchev–Trinajstić information content (AvgIpc) is 2.33. The van der Waals surface area contributed by atoms with Crippen LogP contribution in [0.5, 0.6) is 0 Å². The zero-order valence-electron chi connectivity index (χ0n) is 10.4. The summed E-state index contributed by atoms with van der Waals surface area (Å²) in [5.41, 5.74) is 0.752. The van der Waals surface area contributed by atoms with Crippen LogP contribution in [0.3, 0.4) is 0 Å². The van der Waals surface area contributed by atoms with Crippen molar-refractivity contribution in [3.63, 3.8) is 0 Å². The average molecular weight is 258 g/mol. The molecule has 0 aliphatic rings. The number of aromatic nitrogens is 2. The molecule has 0 atom stereocenters. The predicted octanol–water partition coefficient (Wildman–Crippen LogP) is 4.17. The highest BCUT2D eigenvalue weighted by Crippen LogP contribution is 2.25. The van der Waals surface area contributed by atoms with Crippen LogP contribution < -0.4 is 0 Å². The van der Waals surface area contributed by atoms with Crippen molar-refractivity contribution in [1.82, 2.24) is 9.97 Å². The molecule has 2 nitrogen and oxygen atoms in total. The van der Waals surface area contributed by atoms with E-state index >= 15 is 0 Å². The smallest absolute Gasteiger partial charge is 0.233 e. The first-order valence-electron chi connectivity index (χ1n) is 6.07. The molecule has 1 aromatic rings. The lowest BCUT2D eigenvalue weighted by molar-refractivity contribution is -0.145. The van der Waals surface area contributed by atoms with Gasteiger partial charge in [-0.3, -0.25) is 0 Å². The van der Waals surface area contributed by atoms with Gasteiger partial charge in [-0.2, -0.15) is 13.2 Å². The van der Waals surface area contributed by atoms with Crippen molar-refractivity contribution < 1.29 is 13.2 Å². The minimum absolute atomic E-state index is 0.720. The Labute approximate surface area is 105 Å². The van der Waals surface area contributed by atoms with Crippen LogP contribution in [0.15, 0.2) is 24.5 Å². The zero-order valence-corrected chi connectivity index (χ0v) is 10.4. The number of nitrogens with zero attached hydrogens (tertiary/aromatic N) is 2. The molecule has 0 aliphatic carbocycles. The van der Waals surface area contributed by atoms with Gasteiger partial charge in [0, 0.05) is 12.4 Å². The van der Waals surface area contributed by atoms with Crippen LogP contribution in [0.25, 0.3) is 0 Å². The highest BCUT2D eigenvalue weighted by Gasteiger charge is 2.34. The van der Waals surface area contributed by atoms with Crippen LogP contribution in [0.1, 0.15) is 44.0 Å². The van der Waals surface area contributed by atoms with E-state index in [2.05, 4.69) is 29.0 Å². The van der Waals surface area contributed by atoms with Gasteiger partial charge in [0.1, 0.15) is 0 Å². The van der Waals surface area contributed by atoms with Crippen LogP contribution in [0.4, 0.5) is 13.2 Å². The molecule has 0 N–H and O–H groups in total. The van der Waals surface area contributed by atoms with Gasteiger partial charge >= 0.3 is 6.18 Å². The van der Waals surface area contributed by atoms with E-state index < -0.39 is 12.0 Å². The Morgan fingerprint density at radius 1 is 1.11 bits per heavy atom. The molecular formula is C13H17F3N2. The minimum Gasteiger partial charge on any atom is -0.233 e. The quantitative estimate of drug-likeness (QED) is 0.565. The summed E-state index contributed by atoms with van der Waals surface area (Å²) < 4.78 is 36.6. The number of hydrogen-bond donors (Lipinski definition) is 0. The Kier molecular flexibility index (Phi) is 5.82. The first-order valence-corrected chi connectivity index (χ1v) is 6.07. The molecule has 5 heteroatoms. The van der Waals surface area contributed by atoms with Crippen molar-refractivity contribution in [3.8, 4) is 0 Å². The number of alkyl halides is 3. The fourth-order valence-corrected chi connectivity index (χ4v) is 1.51. The van der Waals surface area contributed by atoms with Gasteiger partial charge in [-0.1, -0.05) is 19.1 Å². The first kappa shape index (κ1) is 14.7. The van der Waals surface area contributed by atoms with Crippen molar-refractivity contribution >= 4 is 0 Å². The third kappa shape index (κ3) is 5.29. The molecule has 0 spiro atoms. The first-order chi connectivity index (χ1) is 8.54. The fourth-order valence-electron chi connectivity index (χ4n) is 1.51. The molecule has 1 rings (SSSR count). The predicted molar refractivity (Wildman–Crippen MR) is 64.0 cm³/mol. The number of hydrogen-bond acceptors (Lipinski definition) is 2. The summed E-state index contributed by atoms with van der Waals surface area (Å²) in [6.07, 6.45) is 7.03. The summed E-state index contributed by atoms with van der Waals surface area (Å²) in [4.78, 5) is 6.66. The summed E-state index contributed by atoms with van der Waals surface area (Å²) >= 11 is 0. The zero-order chi connectivity index (χ0) is 13.4. The minimum atomic E-state index is -4.45. The molecule has 0 aliphatic heterocycles. The monoisotopic (exact) mass is 258 g/mol. The van der Waals surface area contributed by atoms with Crippen molar-refractivity contribution in [2.45, 2.75) is 45.2 Å². The standard InChI is InChI=1S/C13H17F3N2/c1-2-3-4-5-6-7-8-11-9-17-12(18-10-11)13(14,15)16/h3-4,9-10H,2,5-8H2,1H3. The molecule has 0 saturated heterocycles. The third-order valence-electron chi connectivity index (χ3n) is 2.45. The molecule has 0 radical (unpaired) electrons. The lowest BCUT2D eigenvalue weighted by atomic mass is 10.1. The second kappa shape index (κ2) is 7.13. The van der Waals surface area contributed by atoms with Gasteiger partial charge in [-0.25, -0.2) is 9.97 Å². The van der Waals surface area contributed by atoms with Gasteiger partial charge in [0.15, 0.2) is 0 Å².